The molecule has 0 amide bonds. The molecule has 0 unspecified atom stereocenters. The van der Waals surface area contributed by atoms with Gasteiger partial charge in [0.15, 0.2) is 0 Å². The van der Waals surface area contributed by atoms with Crippen molar-refractivity contribution in [3.05, 3.63) is 35.1 Å². The number of tetrazole rings is 1. The quantitative estimate of drug-likeness (QED) is 0.860. The van der Waals surface area contributed by atoms with Crippen molar-refractivity contribution in [3.8, 4) is 0 Å². The molecule has 1 aromatic carbocycles. The summed E-state index contributed by atoms with van der Waals surface area (Å²) in [4.78, 5) is 0. The topological polar surface area (TPSA) is 69.6 Å². The van der Waals surface area contributed by atoms with Crippen molar-refractivity contribution in [1.29, 1.82) is 0 Å². The zero-order valence-corrected chi connectivity index (χ0v) is 12.5. The third-order valence-electron chi connectivity index (χ3n) is 3.83. The number of hydrogen-bond donors (Lipinski definition) is 1. The molecule has 0 atom stereocenters. The maximum absolute atomic E-state index is 13.4. The van der Waals surface area contributed by atoms with Crippen LogP contribution >= 0.6 is 11.8 Å². The van der Waals surface area contributed by atoms with E-state index in [1.165, 1.54) is 18.9 Å². The Bertz CT molecular complexity index is 609. The maximum atomic E-state index is 13.4. The molecule has 2 N–H and O–H groups in total. The first-order valence-corrected chi connectivity index (χ1v) is 8.14. The summed E-state index contributed by atoms with van der Waals surface area (Å²) < 4.78 is 15.4. The predicted octanol–water partition coefficient (Wildman–Crippen LogP) is 2.68. The minimum atomic E-state index is -0.248. The smallest absolute Gasteiger partial charge is 0.209 e. The van der Waals surface area contributed by atoms with Crippen LogP contribution in [0.3, 0.4) is 0 Å². The van der Waals surface area contributed by atoms with Crippen LogP contribution in [0.4, 0.5) is 4.39 Å². The number of benzene rings is 1. The minimum Gasteiger partial charge on any atom is -0.326 e. The van der Waals surface area contributed by atoms with E-state index in [0.717, 1.165) is 23.6 Å². The first kappa shape index (κ1) is 14.5. The highest BCUT2D eigenvalue weighted by molar-refractivity contribution is 7.98. The van der Waals surface area contributed by atoms with E-state index >= 15 is 0 Å². The monoisotopic (exact) mass is 307 g/mol. The fourth-order valence-electron chi connectivity index (χ4n) is 2.68. The van der Waals surface area contributed by atoms with Crippen LogP contribution in [-0.4, -0.2) is 20.2 Å². The number of rotatable bonds is 5. The zero-order chi connectivity index (χ0) is 14.7. The molecule has 0 radical (unpaired) electrons. The summed E-state index contributed by atoms with van der Waals surface area (Å²) in [6.45, 7) is 0.212. The van der Waals surface area contributed by atoms with Gasteiger partial charge in [-0.15, -0.1) is 5.10 Å². The Kier molecular flexibility index (Phi) is 4.50. The van der Waals surface area contributed by atoms with Crippen molar-refractivity contribution < 1.29 is 4.39 Å². The van der Waals surface area contributed by atoms with E-state index in [1.54, 1.807) is 17.8 Å². The van der Waals surface area contributed by atoms with Crippen LogP contribution in [0.15, 0.2) is 23.4 Å². The third kappa shape index (κ3) is 3.24. The van der Waals surface area contributed by atoms with Crippen LogP contribution in [0.2, 0.25) is 0 Å². The molecule has 21 heavy (non-hydrogen) atoms. The molecule has 1 aromatic heterocycles. The Hall–Kier alpha value is -1.47. The molecule has 5 nitrogen and oxygen atoms in total. The van der Waals surface area contributed by atoms with E-state index in [0.29, 0.717) is 17.4 Å². The van der Waals surface area contributed by atoms with E-state index < -0.39 is 0 Å². The van der Waals surface area contributed by atoms with Gasteiger partial charge in [-0.05, 0) is 34.9 Å². The highest BCUT2D eigenvalue weighted by atomic mass is 32.2. The number of nitrogens with zero attached hydrogens (tertiary/aromatic N) is 4. The molecular formula is C14H18FN5S. The second-order valence-electron chi connectivity index (χ2n) is 5.26. The van der Waals surface area contributed by atoms with Crippen molar-refractivity contribution in [1.82, 2.24) is 20.2 Å². The lowest BCUT2D eigenvalue weighted by Crippen LogP contribution is -2.08. The Morgan fingerprint density at radius 2 is 2.14 bits per heavy atom. The molecule has 1 fully saturated rings. The summed E-state index contributed by atoms with van der Waals surface area (Å²) in [5, 5.41) is 12.8. The van der Waals surface area contributed by atoms with Crippen LogP contribution in [0.5, 0.6) is 0 Å². The van der Waals surface area contributed by atoms with E-state index in [9.17, 15) is 4.39 Å². The van der Waals surface area contributed by atoms with Gasteiger partial charge < -0.3 is 5.73 Å². The lowest BCUT2D eigenvalue weighted by atomic mass is 10.1. The molecule has 1 saturated carbocycles. The maximum Gasteiger partial charge on any atom is 0.209 e. The molecule has 0 spiro atoms. The number of aromatic nitrogens is 4. The van der Waals surface area contributed by atoms with Gasteiger partial charge in [-0.2, -0.15) is 0 Å². The van der Waals surface area contributed by atoms with Gasteiger partial charge in [0.05, 0.1) is 6.04 Å². The molecule has 7 heteroatoms. The number of nitrogens with two attached hydrogens (primary N) is 1. The summed E-state index contributed by atoms with van der Waals surface area (Å²) in [5.41, 5.74) is 7.11. The van der Waals surface area contributed by atoms with E-state index in [4.69, 9.17) is 5.73 Å². The first-order chi connectivity index (χ1) is 10.3. The Labute approximate surface area is 127 Å². The highest BCUT2D eigenvalue weighted by Crippen LogP contribution is 2.32. The van der Waals surface area contributed by atoms with E-state index in [1.807, 2.05) is 10.7 Å². The summed E-state index contributed by atoms with van der Waals surface area (Å²) in [6.07, 6.45) is 4.78. The van der Waals surface area contributed by atoms with Gasteiger partial charge in [0.2, 0.25) is 5.16 Å². The lowest BCUT2D eigenvalue weighted by Gasteiger charge is -2.11. The molecule has 1 heterocycles. The Balaban J connectivity index is 1.69. The molecule has 1 aliphatic rings. The Morgan fingerprint density at radius 1 is 1.33 bits per heavy atom. The van der Waals surface area contributed by atoms with Crippen molar-refractivity contribution >= 4 is 11.8 Å². The van der Waals surface area contributed by atoms with Gasteiger partial charge in [-0.3, -0.25) is 0 Å². The van der Waals surface area contributed by atoms with Crippen LogP contribution in [-0.2, 0) is 12.3 Å². The lowest BCUT2D eigenvalue weighted by molar-refractivity contribution is 0.423. The predicted molar refractivity (Wildman–Crippen MR) is 79.2 cm³/mol. The molecule has 0 saturated heterocycles. The van der Waals surface area contributed by atoms with Gasteiger partial charge in [0.25, 0.3) is 0 Å². The standard InChI is InChI=1S/C14H18FN5S/c15-13-6-5-10(7-11(13)8-16)9-21-14-17-18-19-20(14)12-3-1-2-4-12/h5-7,12H,1-4,8-9,16H2. The van der Waals surface area contributed by atoms with Gasteiger partial charge in [0, 0.05) is 17.9 Å². The molecule has 1 aliphatic carbocycles. The largest absolute Gasteiger partial charge is 0.326 e. The van der Waals surface area contributed by atoms with Crippen LogP contribution < -0.4 is 5.73 Å². The second-order valence-corrected chi connectivity index (χ2v) is 6.21. The second kappa shape index (κ2) is 6.53. The summed E-state index contributed by atoms with van der Waals surface area (Å²) in [7, 11) is 0. The van der Waals surface area contributed by atoms with Gasteiger partial charge >= 0.3 is 0 Å². The van der Waals surface area contributed by atoms with E-state index in [-0.39, 0.29) is 12.4 Å². The highest BCUT2D eigenvalue weighted by Gasteiger charge is 2.21. The molecule has 0 bridgehead atoms. The SMILES string of the molecule is NCc1cc(CSc2nnnn2C2CCCC2)ccc1F. The van der Waals surface area contributed by atoms with Crippen molar-refractivity contribution in [2.75, 3.05) is 0 Å². The molecular weight excluding hydrogens is 289 g/mol. The van der Waals surface area contributed by atoms with Gasteiger partial charge in [-0.25, -0.2) is 9.07 Å². The molecule has 112 valence electrons. The summed E-state index contributed by atoms with van der Waals surface area (Å²) >= 11 is 1.58. The minimum absolute atomic E-state index is 0.212. The van der Waals surface area contributed by atoms with Crippen molar-refractivity contribution in [2.24, 2.45) is 5.73 Å². The fraction of sp³-hybridized carbons (Fsp3) is 0.500. The number of thioether (sulfide) groups is 1. The summed E-state index contributed by atoms with van der Waals surface area (Å²) in [5.74, 6) is 0.461. The summed E-state index contributed by atoms with van der Waals surface area (Å²) in [6, 6.07) is 5.49. The van der Waals surface area contributed by atoms with Crippen LogP contribution in [0.25, 0.3) is 0 Å². The van der Waals surface area contributed by atoms with Crippen LogP contribution in [0.1, 0.15) is 42.9 Å². The molecule has 3 rings (SSSR count). The number of hydrogen-bond acceptors (Lipinski definition) is 5. The van der Waals surface area contributed by atoms with Crippen LogP contribution in [0, 0.1) is 5.82 Å². The number of halogens is 1. The average molecular weight is 307 g/mol. The molecule has 0 aliphatic heterocycles. The van der Waals surface area contributed by atoms with Crippen molar-refractivity contribution in [3.63, 3.8) is 0 Å². The van der Waals surface area contributed by atoms with E-state index in [2.05, 4.69) is 15.5 Å². The van der Waals surface area contributed by atoms with Gasteiger partial charge in [0.1, 0.15) is 5.82 Å². The van der Waals surface area contributed by atoms with Crippen molar-refractivity contribution in [2.45, 2.75) is 49.2 Å². The average Bonchev–Trinajstić information content (AvgIpc) is 3.17. The third-order valence-corrected chi connectivity index (χ3v) is 4.84. The van der Waals surface area contributed by atoms with Gasteiger partial charge in [-0.1, -0.05) is 36.7 Å². The Morgan fingerprint density at radius 3 is 2.90 bits per heavy atom. The zero-order valence-electron chi connectivity index (χ0n) is 11.7. The fourth-order valence-corrected chi connectivity index (χ4v) is 3.57. The first-order valence-electron chi connectivity index (χ1n) is 7.16. The molecule has 2 aromatic rings. The normalized spacial score (nSPS) is 15.7.